The van der Waals surface area contributed by atoms with E-state index < -0.39 is 15.1 Å². The van der Waals surface area contributed by atoms with Crippen molar-refractivity contribution in [3.05, 3.63) is 12.1 Å². The lowest BCUT2D eigenvalue weighted by Crippen LogP contribution is -1.96. The first-order chi connectivity index (χ1) is 9.90. The minimum Gasteiger partial charge on any atom is -0.493 e. The van der Waals surface area contributed by atoms with Crippen molar-refractivity contribution >= 4 is 9.84 Å². The predicted octanol–water partition coefficient (Wildman–Crippen LogP) is 1.17. The van der Waals surface area contributed by atoms with Crippen LogP contribution in [-0.4, -0.2) is 46.2 Å². The topological polar surface area (TPSA) is 101 Å². The average molecular weight is 314 g/mol. The molecule has 0 aliphatic heterocycles. The highest BCUT2D eigenvalue weighted by atomic mass is 32.2. The molecule has 2 rings (SSSR count). The van der Waals surface area contributed by atoms with E-state index in [9.17, 15) is 8.42 Å². The van der Waals surface area contributed by atoms with Gasteiger partial charge in [-0.25, -0.2) is 8.42 Å². The molecule has 8 nitrogen and oxygen atoms in total. The Balaban J connectivity index is 2.56. The molecule has 0 atom stereocenters. The van der Waals surface area contributed by atoms with E-state index in [-0.39, 0.29) is 5.89 Å². The third-order valence-electron chi connectivity index (χ3n) is 2.64. The summed E-state index contributed by atoms with van der Waals surface area (Å²) in [7, 11) is 0.857. The van der Waals surface area contributed by atoms with E-state index in [4.69, 9.17) is 18.6 Å². The van der Waals surface area contributed by atoms with E-state index in [0.717, 1.165) is 6.26 Å². The van der Waals surface area contributed by atoms with Crippen LogP contribution in [0.25, 0.3) is 11.5 Å². The largest absolute Gasteiger partial charge is 0.493 e. The Hall–Kier alpha value is -2.29. The van der Waals surface area contributed by atoms with Crippen LogP contribution in [0.2, 0.25) is 0 Å². The number of aromatic nitrogens is 2. The third-order valence-corrected chi connectivity index (χ3v) is 3.43. The Labute approximate surface area is 121 Å². The van der Waals surface area contributed by atoms with Crippen molar-refractivity contribution in [3.63, 3.8) is 0 Å². The van der Waals surface area contributed by atoms with Gasteiger partial charge in [-0.3, -0.25) is 0 Å². The molecule has 0 saturated heterocycles. The quantitative estimate of drug-likeness (QED) is 0.810. The third kappa shape index (κ3) is 2.92. The smallest absolute Gasteiger partial charge is 0.335 e. The van der Waals surface area contributed by atoms with E-state index in [1.807, 2.05) is 0 Å². The van der Waals surface area contributed by atoms with Gasteiger partial charge in [0.25, 0.3) is 0 Å². The fraction of sp³-hybridized carbons (Fsp3) is 0.333. The van der Waals surface area contributed by atoms with Crippen LogP contribution in [0.15, 0.2) is 21.8 Å². The van der Waals surface area contributed by atoms with Crippen molar-refractivity contribution in [2.24, 2.45) is 0 Å². The van der Waals surface area contributed by atoms with Crippen LogP contribution in [0, 0.1) is 0 Å². The highest BCUT2D eigenvalue weighted by Crippen LogP contribution is 2.40. The summed E-state index contributed by atoms with van der Waals surface area (Å²) < 4.78 is 43.5. The molecule has 0 fully saturated rings. The molecule has 1 heterocycles. The number of nitrogens with zero attached hydrogens (tertiary/aromatic N) is 2. The molecule has 114 valence electrons. The number of rotatable bonds is 5. The van der Waals surface area contributed by atoms with E-state index in [1.54, 1.807) is 12.1 Å². The fourth-order valence-electron chi connectivity index (χ4n) is 1.68. The van der Waals surface area contributed by atoms with E-state index in [0.29, 0.717) is 22.8 Å². The maximum absolute atomic E-state index is 11.4. The van der Waals surface area contributed by atoms with E-state index >= 15 is 0 Å². The molecule has 1 aromatic heterocycles. The Kier molecular flexibility index (Phi) is 4.03. The van der Waals surface area contributed by atoms with Crippen molar-refractivity contribution in [3.8, 4) is 28.7 Å². The summed E-state index contributed by atoms with van der Waals surface area (Å²) in [5.74, 6) is 1.23. The Morgan fingerprint density at radius 3 is 1.95 bits per heavy atom. The van der Waals surface area contributed by atoms with Gasteiger partial charge >= 0.3 is 5.22 Å². The molecule has 1 aromatic carbocycles. The molecular formula is C12H14N2O6S. The SMILES string of the molecule is COc1cc(-c2nnc(S(C)(=O)=O)o2)cc(OC)c1OC. The highest BCUT2D eigenvalue weighted by molar-refractivity contribution is 7.90. The molecule has 0 N–H and O–H groups in total. The van der Waals surface area contributed by atoms with Crippen LogP contribution in [0.5, 0.6) is 17.2 Å². The molecule has 2 aromatic rings. The normalized spacial score (nSPS) is 11.2. The first-order valence-corrected chi connectivity index (χ1v) is 7.63. The van der Waals surface area contributed by atoms with Gasteiger partial charge in [0.2, 0.25) is 21.5 Å². The molecule has 0 unspecified atom stereocenters. The van der Waals surface area contributed by atoms with Gasteiger partial charge in [-0.2, -0.15) is 0 Å². The van der Waals surface area contributed by atoms with Crippen LogP contribution >= 0.6 is 0 Å². The summed E-state index contributed by atoms with van der Waals surface area (Å²) in [4.78, 5) is 0. The van der Waals surface area contributed by atoms with Gasteiger partial charge in [0.1, 0.15) is 0 Å². The highest BCUT2D eigenvalue weighted by Gasteiger charge is 2.20. The van der Waals surface area contributed by atoms with Gasteiger partial charge < -0.3 is 18.6 Å². The number of hydrogen-bond acceptors (Lipinski definition) is 8. The number of methoxy groups -OCH3 is 3. The maximum atomic E-state index is 11.4. The van der Waals surface area contributed by atoms with Gasteiger partial charge in [0.15, 0.2) is 11.5 Å². The molecule has 0 saturated carbocycles. The van der Waals surface area contributed by atoms with Crippen LogP contribution in [-0.2, 0) is 9.84 Å². The monoisotopic (exact) mass is 314 g/mol. The summed E-state index contributed by atoms with van der Waals surface area (Å²) >= 11 is 0. The number of benzene rings is 1. The Morgan fingerprint density at radius 1 is 1.00 bits per heavy atom. The zero-order chi connectivity index (χ0) is 15.6. The zero-order valence-electron chi connectivity index (χ0n) is 11.9. The second kappa shape index (κ2) is 5.60. The van der Waals surface area contributed by atoms with Gasteiger partial charge in [-0.1, -0.05) is 5.10 Å². The molecule has 0 amide bonds. The average Bonchev–Trinajstić information content (AvgIpc) is 2.95. The summed E-state index contributed by atoms with van der Waals surface area (Å²) in [5, 5.41) is 6.76. The molecule has 21 heavy (non-hydrogen) atoms. The Bertz CT molecular complexity index is 728. The van der Waals surface area contributed by atoms with Gasteiger partial charge in [-0.15, -0.1) is 5.10 Å². The first-order valence-electron chi connectivity index (χ1n) is 5.74. The van der Waals surface area contributed by atoms with Gasteiger partial charge in [0.05, 0.1) is 21.3 Å². The molecule has 0 aliphatic carbocycles. The van der Waals surface area contributed by atoms with E-state index in [2.05, 4.69) is 10.2 Å². The van der Waals surface area contributed by atoms with Crippen molar-refractivity contribution in [2.75, 3.05) is 27.6 Å². The summed E-state index contributed by atoms with van der Waals surface area (Å²) in [6.07, 6.45) is 0.986. The lowest BCUT2D eigenvalue weighted by Gasteiger charge is -2.12. The van der Waals surface area contributed by atoms with Gasteiger partial charge in [0, 0.05) is 11.8 Å². The summed E-state index contributed by atoms with van der Waals surface area (Å²) in [6, 6.07) is 3.17. The molecule has 9 heteroatoms. The van der Waals surface area contributed by atoms with Gasteiger partial charge in [-0.05, 0) is 12.1 Å². The number of hydrogen-bond donors (Lipinski definition) is 0. The first kappa shape index (κ1) is 15.1. The minimum atomic E-state index is -3.56. The summed E-state index contributed by atoms with van der Waals surface area (Å²) in [5.41, 5.74) is 0.451. The predicted molar refractivity (Wildman–Crippen MR) is 72.5 cm³/mol. The fourth-order valence-corrected chi connectivity index (χ4v) is 2.10. The second-order valence-corrected chi connectivity index (χ2v) is 5.95. The molecule has 0 bridgehead atoms. The molecular weight excluding hydrogens is 300 g/mol. The van der Waals surface area contributed by atoms with E-state index in [1.165, 1.54) is 21.3 Å². The van der Waals surface area contributed by atoms with Crippen LogP contribution in [0.3, 0.4) is 0 Å². The standard InChI is InChI=1S/C12H14N2O6S/c1-17-8-5-7(6-9(18-2)10(8)19-3)11-13-14-12(20-11)21(4,15)16/h5-6H,1-4H3. The van der Waals surface area contributed by atoms with Crippen LogP contribution in [0.1, 0.15) is 0 Å². The zero-order valence-corrected chi connectivity index (χ0v) is 12.7. The Morgan fingerprint density at radius 2 is 1.57 bits per heavy atom. The molecule has 0 radical (unpaired) electrons. The molecule has 0 spiro atoms. The van der Waals surface area contributed by atoms with Crippen LogP contribution < -0.4 is 14.2 Å². The molecule has 0 aliphatic rings. The van der Waals surface area contributed by atoms with Crippen molar-refractivity contribution in [1.82, 2.24) is 10.2 Å². The lowest BCUT2D eigenvalue weighted by molar-refractivity contribution is 0.324. The van der Waals surface area contributed by atoms with Crippen molar-refractivity contribution in [2.45, 2.75) is 5.22 Å². The van der Waals surface area contributed by atoms with Crippen molar-refractivity contribution in [1.29, 1.82) is 0 Å². The maximum Gasteiger partial charge on any atom is 0.335 e. The number of sulfone groups is 1. The minimum absolute atomic E-state index is 0.0367. The summed E-state index contributed by atoms with van der Waals surface area (Å²) in [6.45, 7) is 0. The number of ether oxygens (including phenoxy) is 3. The second-order valence-electron chi connectivity index (χ2n) is 4.06. The van der Waals surface area contributed by atoms with Crippen LogP contribution in [0.4, 0.5) is 0 Å². The van der Waals surface area contributed by atoms with Crippen molar-refractivity contribution < 1.29 is 27.0 Å². The lowest BCUT2D eigenvalue weighted by atomic mass is 10.2.